The van der Waals surface area contributed by atoms with E-state index in [-0.39, 0.29) is 6.61 Å². The number of allylic oxidation sites excluding steroid dienone is 9. The molecule has 0 heterocycles. The molecule has 1 heteroatoms. The molecule has 0 saturated heterocycles. The van der Waals surface area contributed by atoms with Crippen LogP contribution >= 0.6 is 0 Å². The molecule has 1 atom stereocenters. The molecule has 0 fully saturated rings. The minimum Gasteiger partial charge on any atom is -0.392 e. The summed E-state index contributed by atoms with van der Waals surface area (Å²) in [5.74, 6) is 0.540. The molecule has 20 heavy (non-hydrogen) atoms. The zero-order chi connectivity index (χ0) is 15.0. The Morgan fingerprint density at radius 1 is 1.35 bits per heavy atom. The van der Waals surface area contributed by atoms with Crippen LogP contribution in [0.1, 0.15) is 40.5 Å². The first-order valence-corrected chi connectivity index (χ1v) is 7.43. The standard InChI is InChI=1S/C19H28O/c1-16(10-7-5-6-8-15-20)12-13-18-17(2)11-9-14-19(18,3)4/h5-8,10-13,18,20H,9,14-15H2,1-4H3/b7-5+,8-6+,13-12+,16-10+. The normalized spacial score (nSPS) is 23.9. The quantitative estimate of drug-likeness (QED) is 0.553. The van der Waals surface area contributed by atoms with E-state index in [0.29, 0.717) is 11.3 Å². The lowest BCUT2D eigenvalue weighted by Crippen LogP contribution is -2.26. The molecule has 0 spiro atoms. The molecule has 0 aromatic heterocycles. The Hall–Kier alpha value is -1.34. The maximum Gasteiger partial charge on any atom is 0.0615 e. The van der Waals surface area contributed by atoms with Crippen LogP contribution in [-0.4, -0.2) is 11.7 Å². The third-order valence-electron chi connectivity index (χ3n) is 3.96. The number of aliphatic hydroxyl groups is 1. The van der Waals surface area contributed by atoms with Gasteiger partial charge in [0.1, 0.15) is 0 Å². The first-order valence-electron chi connectivity index (χ1n) is 7.43. The Labute approximate surface area is 124 Å². The largest absolute Gasteiger partial charge is 0.392 e. The van der Waals surface area contributed by atoms with Crippen LogP contribution in [0.5, 0.6) is 0 Å². The van der Waals surface area contributed by atoms with E-state index in [0.717, 1.165) is 0 Å². The predicted octanol–water partition coefficient (Wildman–Crippen LogP) is 4.98. The van der Waals surface area contributed by atoms with Gasteiger partial charge in [0.25, 0.3) is 0 Å². The van der Waals surface area contributed by atoms with Gasteiger partial charge in [-0.25, -0.2) is 0 Å². The molecular weight excluding hydrogens is 244 g/mol. The van der Waals surface area contributed by atoms with Gasteiger partial charge >= 0.3 is 0 Å². The van der Waals surface area contributed by atoms with Crippen LogP contribution in [0.15, 0.2) is 59.8 Å². The average Bonchev–Trinajstić information content (AvgIpc) is 2.37. The molecule has 1 rings (SSSR count). The number of hydrogen-bond donors (Lipinski definition) is 1. The molecule has 1 aliphatic rings. The topological polar surface area (TPSA) is 20.2 Å². The van der Waals surface area contributed by atoms with Crippen molar-refractivity contribution in [2.24, 2.45) is 11.3 Å². The van der Waals surface area contributed by atoms with Crippen molar-refractivity contribution in [3.05, 3.63) is 59.8 Å². The third-order valence-corrected chi connectivity index (χ3v) is 3.96. The molecule has 1 unspecified atom stereocenters. The SMILES string of the molecule is CC1=CCCC(C)(C)C1/C=C/C(C)=C/C=C/C=C/CO. The Kier molecular flexibility index (Phi) is 6.74. The van der Waals surface area contributed by atoms with Crippen molar-refractivity contribution in [2.45, 2.75) is 40.5 Å². The molecule has 1 N–H and O–H groups in total. The van der Waals surface area contributed by atoms with E-state index in [2.05, 4.69) is 52.0 Å². The number of aliphatic hydroxyl groups excluding tert-OH is 1. The molecule has 1 aliphatic carbocycles. The van der Waals surface area contributed by atoms with Crippen molar-refractivity contribution in [1.82, 2.24) is 0 Å². The van der Waals surface area contributed by atoms with E-state index in [1.165, 1.54) is 24.0 Å². The van der Waals surface area contributed by atoms with Gasteiger partial charge in [-0.1, -0.05) is 73.6 Å². The fourth-order valence-electron chi connectivity index (χ4n) is 2.70. The fourth-order valence-corrected chi connectivity index (χ4v) is 2.70. The summed E-state index contributed by atoms with van der Waals surface area (Å²) < 4.78 is 0. The van der Waals surface area contributed by atoms with Gasteiger partial charge in [0.15, 0.2) is 0 Å². The summed E-state index contributed by atoms with van der Waals surface area (Å²) in [6, 6.07) is 0. The fraction of sp³-hybridized carbons (Fsp3) is 0.474. The Bertz CT molecular complexity index is 444. The van der Waals surface area contributed by atoms with E-state index in [9.17, 15) is 0 Å². The predicted molar refractivity (Wildman–Crippen MR) is 88.5 cm³/mol. The van der Waals surface area contributed by atoms with E-state index < -0.39 is 0 Å². The van der Waals surface area contributed by atoms with Crippen LogP contribution in [0.25, 0.3) is 0 Å². The monoisotopic (exact) mass is 272 g/mol. The summed E-state index contributed by atoms with van der Waals surface area (Å²) in [5, 5.41) is 8.62. The van der Waals surface area contributed by atoms with Crippen molar-refractivity contribution in [3.63, 3.8) is 0 Å². The maximum absolute atomic E-state index is 8.62. The van der Waals surface area contributed by atoms with Crippen molar-refractivity contribution < 1.29 is 5.11 Å². The van der Waals surface area contributed by atoms with E-state index in [1.807, 2.05) is 18.2 Å². The second-order valence-corrected chi connectivity index (χ2v) is 6.22. The summed E-state index contributed by atoms with van der Waals surface area (Å²) >= 11 is 0. The van der Waals surface area contributed by atoms with Crippen molar-refractivity contribution in [2.75, 3.05) is 6.61 Å². The van der Waals surface area contributed by atoms with Gasteiger partial charge in [-0.2, -0.15) is 0 Å². The molecule has 0 aliphatic heterocycles. The van der Waals surface area contributed by atoms with Gasteiger partial charge in [-0.15, -0.1) is 0 Å². The highest BCUT2D eigenvalue weighted by molar-refractivity contribution is 5.27. The first kappa shape index (κ1) is 16.7. The highest BCUT2D eigenvalue weighted by Gasteiger charge is 2.30. The lowest BCUT2D eigenvalue weighted by atomic mass is 9.68. The van der Waals surface area contributed by atoms with Gasteiger partial charge < -0.3 is 5.11 Å². The van der Waals surface area contributed by atoms with Gasteiger partial charge in [-0.05, 0) is 32.1 Å². The van der Waals surface area contributed by atoms with Crippen LogP contribution in [0.2, 0.25) is 0 Å². The second kappa shape index (κ2) is 8.06. The summed E-state index contributed by atoms with van der Waals surface area (Å²) in [6.45, 7) is 9.17. The summed E-state index contributed by atoms with van der Waals surface area (Å²) in [4.78, 5) is 0. The summed E-state index contributed by atoms with van der Waals surface area (Å²) in [5.41, 5.74) is 3.09. The highest BCUT2D eigenvalue weighted by atomic mass is 16.2. The summed E-state index contributed by atoms with van der Waals surface area (Å²) in [7, 11) is 0. The molecule has 0 bridgehead atoms. The smallest absolute Gasteiger partial charge is 0.0615 e. The van der Waals surface area contributed by atoms with Crippen LogP contribution in [0.3, 0.4) is 0 Å². The third kappa shape index (κ3) is 5.34. The van der Waals surface area contributed by atoms with E-state index >= 15 is 0 Å². The van der Waals surface area contributed by atoms with Gasteiger partial charge in [0.2, 0.25) is 0 Å². The van der Waals surface area contributed by atoms with Crippen LogP contribution in [0, 0.1) is 11.3 Å². The summed E-state index contributed by atoms with van der Waals surface area (Å²) in [6.07, 6.45) is 19.0. The number of hydrogen-bond acceptors (Lipinski definition) is 1. The molecule has 0 saturated carbocycles. The molecule has 0 aromatic rings. The van der Waals surface area contributed by atoms with Crippen LogP contribution < -0.4 is 0 Å². The van der Waals surface area contributed by atoms with Gasteiger partial charge in [0, 0.05) is 5.92 Å². The van der Waals surface area contributed by atoms with Crippen molar-refractivity contribution >= 4 is 0 Å². The minimum atomic E-state index is 0.0926. The number of rotatable bonds is 5. The molecular formula is C19H28O. The van der Waals surface area contributed by atoms with Crippen LogP contribution in [-0.2, 0) is 0 Å². The lowest BCUT2D eigenvalue weighted by Gasteiger charge is -2.36. The Morgan fingerprint density at radius 3 is 2.75 bits per heavy atom. The lowest BCUT2D eigenvalue weighted by molar-refractivity contribution is 0.255. The Balaban J connectivity index is 2.68. The molecule has 0 aromatic carbocycles. The van der Waals surface area contributed by atoms with E-state index in [4.69, 9.17) is 5.11 Å². The van der Waals surface area contributed by atoms with Crippen molar-refractivity contribution in [3.8, 4) is 0 Å². The Morgan fingerprint density at radius 2 is 2.10 bits per heavy atom. The van der Waals surface area contributed by atoms with Crippen molar-refractivity contribution in [1.29, 1.82) is 0 Å². The zero-order valence-electron chi connectivity index (χ0n) is 13.3. The first-order chi connectivity index (χ1) is 9.47. The minimum absolute atomic E-state index is 0.0926. The second-order valence-electron chi connectivity index (χ2n) is 6.22. The maximum atomic E-state index is 8.62. The molecule has 1 nitrogen and oxygen atoms in total. The average molecular weight is 272 g/mol. The van der Waals surface area contributed by atoms with E-state index in [1.54, 1.807) is 6.08 Å². The van der Waals surface area contributed by atoms with Gasteiger partial charge in [0.05, 0.1) is 6.61 Å². The molecule has 0 amide bonds. The van der Waals surface area contributed by atoms with Crippen LogP contribution in [0.4, 0.5) is 0 Å². The molecule has 0 radical (unpaired) electrons. The highest BCUT2D eigenvalue weighted by Crippen LogP contribution is 2.41. The zero-order valence-corrected chi connectivity index (χ0v) is 13.3. The molecule has 110 valence electrons. The van der Waals surface area contributed by atoms with Gasteiger partial charge in [-0.3, -0.25) is 0 Å².